The highest BCUT2D eigenvalue weighted by atomic mass is 35.5. The third-order valence-corrected chi connectivity index (χ3v) is 4.43. The van der Waals surface area contributed by atoms with Crippen LogP contribution in [-0.4, -0.2) is 5.16 Å². The fourth-order valence-electron chi connectivity index (χ4n) is 2.38. The fraction of sp³-hybridized carbons (Fsp3) is 0.357. The van der Waals surface area contributed by atoms with Gasteiger partial charge in [0.25, 0.3) is 0 Å². The van der Waals surface area contributed by atoms with Crippen LogP contribution in [-0.2, 0) is 0 Å². The molecule has 1 aromatic carbocycles. The maximum atomic E-state index is 6.07. The van der Waals surface area contributed by atoms with E-state index in [1.54, 1.807) is 12.1 Å². The van der Waals surface area contributed by atoms with Crippen molar-refractivity contribution in [2.24, 2.45) is 5.92 Å². The lowest BCUT2D eigenvalue weighted by Gasteiger charge is -2.09. The van der Waals surface area contributed by atoms with Crippen LogP contribution < -0.4 is 5.73 Å². The van der Waals surface area contributed by atoms with Crippen molar-refractivity contribution in [3.63, 3.8) is 0 Å². The van der Waals surface area contributed by atoms with Gasteiger partial charge in [-0.3, -0.25) is 0 Å². The first-order chi connectivity index (χ1) is 9.08. The van der Waals surface area contributed by atoms with Crippen molar-refractivity contribution in [3.8, 4) is 11.1 Å². The Morgan fingerprint density at radius 1 is 1.32 bits per heavy atom. The number of benzene rings is 1. The smallest absolute Gasteiger partial charge is 0.175 e. The van der Waals surface area contributed by atoms with E-state index in [4.69, 9.17) is 33.5 Å². The van der Waals surface area contributed by atoms with Gasteiger partial charge in [-0.05, 0) is 36.5 Å². The average molecular weight is 297 g/mol. The van der Waals surface area contributed by atoms with Crippen molar-refractivity contribution >= 4 is 29.0 Å². The van der Waals surface area contributed by atoms with Crippen molar-refractivity contribution < 1.29 is 4.52 Å². The maximum Gasteiger partial charge on any atom is 0.175 e. The molecule has 1 aliphatic carbocycles. The highest BCUT2D eigenvalue weighted by molar-refractivity contribution is 6.42. The number of nitrogens with zero attached hydrogens (tertiary/aromatic N) is 1. The van der Waals surface area contributed by atoms with E-state index in [9.17, 15) is 0 Å². The Labute approximate surface area is 121 Å². The van der Waals surface area contributed by atoms with E-state index in [-0.39, 0.29) is 0 Å². The summed E-state index contributed by atoms with van der Waals surface area (Å²) >= 11 is 12.0. The Morgan fingerprint density at radius 3 is 2.68 bits per heavy atom. The summed E-state index contributed by atoms with van der Waals surface area (Å²) in [5.41, 5.74) is 7.68. The van der Waals surface area contributed by atoms with Gasteiger partial charge in [-0.15, -0.1) is 0 Å². The zero-order valence-electron chi connectivity index (χ0n) is 10.5. The first kappa shape index (κ1) is 12.8. The lowest BCUT2D eigenvalue weighted by molar-refractivity contribution is 0.358. The normalized spacial score (nSPS) is 16.6. The van der Waals surface area contributed by atoms with Gasteiger partial charge in [0, 0.05) is 5.92 Å². The summed E-state index contributed by atoms with van der Waals surface area (Å²) in [7, 11) is 0. The average Bonchev–Trinajstić information content (AvgIpc) is 3.16. The number of hydrogen-bond donors (Lipinski definition) is 1. The number of nitrogens with two attached hydrogens (primary N) is 1. The van der Waals surface area contributed by atoms with Gasteiger partial charge < -0.3 is 10.3 Å². The minimum atomic E-state index is 0.328. The van der Waals surface area contributed by atoms with Crippen LogP contribution in [0.1, 0.15) is 31.4 Å². The van der Waals surface area contributed by atoms with Gasteiger partial charge in [0.05, 0.1) is 15.6 Å². The van der Waals surface area contributed by atoms with E-state index >= 15 is 0 Å². The fourth-order valence-corrected chi connectivity index (χ4v) is 2.68. The second kappa shape index (κ2) is 4.73. The Bertz CT molecular complexity index is 620. The van der Waals surface area contributed by atoms with E-state index in [0.29, 0.717) is 27.7 Å². The molecule has 1 aromatic heterocycles. The maximum absolute atomic E-state index is 6.07. The van der Waals surface area contributed by atoms with Crippen LogP contribution in [0.4, 0.5) is 5.82 Å². The van der Waals surface area contributed by atoms with E-state index in [2.05, 4.69) is 12.1 Å². The number of rotatable bonds is 3. The molecule has 5 heteroatoms. The topological polar surface area (TPSA) is 52.0 Å². The molecule has 100 valence electrons. The predicted octanol–water partition coefficient (Wildman–Crippen LogP) is 4.74. The highest BCUT2D eigenvalue weighted by Crippen LogP contribution is 2.46. The van der Waals surface area contributed by atoms with Gasteiger partial charge in [0.2, 0.25) is 0 Å². The van der Waals surface area contributed by atoms with E-state index in [1.807, 2.05) is 6.07 Å². The SMILES string of the molecule is CC(c1onc(N)c1-c1ccc(Cl)c(Cl)c1)C1CC1. The van der Waals surface area contributed by atoms with Crippen LogP contribution in [0.25, 0.3) is 11.1 Å². The molecule has 0 radical (unpaired) electrons. The van der Waals surface area contributed by atoms with Crippen molar-refractivity contribution in [2.75, 3.05) is 5.73 Å². The molecular formula is C14H14Cl2N2O. The molecule has 3 rings (SSSR count). The zero-order chi connectivity index (χ0) is 13.6. The summed E-state index contributed by atoms with van der Waals surface area (Å²) in [5.74, 6) is 2.25. The lowest BCUT2D eigenvalue weighted by atomic mass is 9.95. The number of nitrogen functional groups attached to an aromatic ring is 1. The Hall–Kier alpha value is -1.19. The first-order valence-corrected chi connectivity index (χ1v) is 7.04. The molecule has 1 fully saturated rings. The highest BCUT2D eigenvalue weighted by Gasteiger charge is 2.34. The second-order valence-electron chi connectivity index (χ2n) is 5.06. The summed E-state index contributed by atoms with van der Waals surface area (Å²) in [6, 6.07) is 5.45. The van der Waals surface area contributed by atoms with Gasteiger partial charge in [0.15, 0.2) is 5.82 Å². The van der Waals surface area contributed by atoms with Crippen LogP contribution in [0.15, 0.2) is 22.7 Å². The molecule has 0 aliphatic heterocycles. The summed E-state index contributed by atoms with van der Waals surface area (Å²) < 4.78 is 5.43. The van der Waals surface area contributed by atoms with E-state index < -0.39 is 0 Å². The van der Waals surface area contributed by atoms with Gasteiger partial charge in [-0.1, -0.05) is 41.3 Å². The Kier molecular flexibility index (Phi) is 3.19. The summed E-state index contributed by atoms with van der Waals surface area (Å²) in [5, 5.41) is 4.93. The molecule has 0 spiro atoms. The molecule has 1 aliphatic rings. The lowest BCUT2D eigenvalue weighted by Crippen LogP contribution is -1.97. The minimum absolute atomic E-state index is 0.328. The van der Waals surface area contributed by atoms with Crippen LogP contribution in [0.5, 0.6) is 0 Å². The third-order valence-electron chi connectivity index (χ3n) is 3.70. The molecule has 1 unspecified atom stereocenters. The molecule has 1 saturated carbocycles. The van der Waals surface area contributed by atoms with Crippen LogP contribution in [0, 0.1) is 5.92 Å². The second-order valence-corrected chi connectivity index (χ2v) is 5.88. The van der Waals surface area contributed by atoms with Gasteiger partial charge in [0.1, 0.15) is 5.76 Å². The quantitative estimate of drug-likeness (QED) is 0.889. The van der Waals surface area contributed by atoms with Crippen molar-refractivity contribution in [1.82, 2.24) is 5.16 Å². The molecule has 0 saturated heterocycles. The van der Waals surface area contributed by atoms with Gasteiger partial charge >= 0.3 is 0 Å². The number of hydrogen-bond acceptors (Lipinski definition) is 3. The molecule has 1 heterocycles. The van der Waals surface area contributed by atoms with E-state index in [1.165, 1.54) is 12.8 Å². The predicted molar refractivity (Wildman–Crippen MR) is 77.5 cm³/mol. The first-order valence-electron chi connectivity index (χ1n) is 6.28. The summed E-state index contributed by atoms with van der Waals surface area (Å²) in [4.78, 5) is 0. The molecule has 0 bridgehead atoms. The van der Waals surface area contributed by atoms with Crippen LogP contribution in [0.2, 0.25) is 10.0 Å². The molecule has 2 aromatic rings. The van der Waals surface area contributed by atoms with Crippen molar-refractivity contribution in [3.05, 3.63) is 34.0 Å². The molecular weight excluding hydrogens is 283 g/mol. The molecule has 19 heavy (non-hydrogen) atoms. The number of aromatic nitrogens is 1. The van der Waals surface area contributed by atoms with Crippen LogP contribution >= 0.6 is 23.2 Å². The largest absolute Gasteiger partial charge is 0.380 e. The molecule has 2 N–H and O–H groups in total. The van der Waals surface area contributed by atoms with Gasteiger partial charge in [-0.2, -0.15) is 0 Å². The molecule has 3 nitrogen and oxygen atoms in total. The summed E-state index contributed by atoms with van der Waals surface area (Å²) in [6.07, 6.45) is 2.48. The van der Waals surface area contributed by atoms with E-state index in [0.717, 1.165) is 16.9 Å². The Balaban J connectivity index is 2.07. The monoisotopic (exact) mass is 296 g/mol. The van der Waals surface area contributed by atoms with Gasteiger partial charge in [-0.25, -0.2) is 0 Å². The van der Waals surface area contributed by atoms with Crippen molar-refractivity contribution in [2.45, 2.75) is 25.7 Å². The standard InChI is InChI=1S/C14H14Cl2N2O/c1-7(8-2-3-8)13-12(14(17)18-19-13)9-4-5-10(15)11(16)6-9/h4-8H,2-3H2,1H3,(H2,17,18). The zero-order valence-corrected chi connectivity index (χ0v) is 12.0. The van der Waals surface area contributed by atoms with Crippen LogP contribution in [0.3, 0.4) is 0 Å². The molecule has 1 atom stereocenters. The third kappa shape index (κ3) is 2.33. The molecule has 0 amide bonds. The Morgan fingerprint density at radius 2 is 2.05 bits per heavy atom. The van der Waals surface area contributed by atoms with Crippen molar-refractivity contribution in [1.29, 1.82) is 0 Å². The number of halogens is 2. The number of anilines is 1. The summed E-state index contributed by atoms with van der Waals surface area (Å²) in [6.45, 7) is 2.15. The minimum Gasteiger partial charge on any atom is -0.380 e.